The predicted octanol–water partition coefficient (Wildman–Crippen LogP) is 4.94. The van der Waals surface area contributed by atoms with Crippen LogP contribution in [0.1, 0.15) is 4.88 Å². The molecule has 0 saturated carbocycles. The van der Waals surface area contributed by atoms with E-state index in [-0.39, 0.29) is 0 Å². The van der Waals surface area contributed by atoms with Gasteiger partial charge in [0.1, 0.15) is 16.9 Å². The quantitative estimate of drug-likeness (QED) is 0.432. The summed E-state index contributed by atoms with van der Waals surface area (Å²) in [6, 6.07) is 12.4. The first kappa shape index (κ1) is 17.1. The van der Waals surface area contributed by atoms with Gasteiger partial charge in [0.05, 0.1) is 22.1 Å². The highest BCUT2D eigenvalue weighted by molar-refractivity contribution is 7.15. The largest absolute Gasteiger partial charge is 0.336 e. The molecule has 5 aromatic heterocycles. The molecule has 0 aliphatic heterocycles. The van der Waals surface area contributed by atoms with Gasteiger partial charge in [-0.15, -0.1) is 11.3 Å². The van der Waals surface area contributed by atoms with Gasteiger partial charge in [-0.2, -0.15) is 10.2 Å². The van der Waals surface area contributed by atoms with Crippen LogP contribution in [0.3, 0.4) is 0 Å². The van der Waals surface area contributed by atoms with Crippen LogP contribution in [0.2, 0.25) is 0 Å². The second-order valence-electron chi connectivity index (χ2n) is 7.29. The van der Waals surface area contributed by atoms with Crippen LogP contribution in [0.5, 0.6) is 0 Å². The topological polar surface area (TPSA) is 88.1 Å². The first-order chi connectivity index (χ1) is 14.7. The summed E-state index contributed by atoms with van der Waals surface area (Å²) in [7, 11) is 1.92. The van der Waals surface area contributed by atoms with E-state index in [4.69, 9.17) is 4.98 Å². The fourth-order valence-corrected chi connectivity index (χ4v) is 4.60. The summed E-state index contributed by atoms with van der Waals surface area (Å²) < 4.78 is 1.80. The first-order valence-corrected chi connectivity index (χ1v) is 10.4. The maximum Gasteiger partial charge on any atom is 0.159 e. The molecule has 0 unspecified atom stereocenters. The molecule has 5 heterocycles. The molecule has 1 aromatic carbocycles. The van der Waals surface area contributed by atoms with Crippen molar-refractivity contribution in [1.82, 2.24) is 34.9 Å². The average Bonchev–Trinajstić information content (AvgIpc) is 3.52. The molecular formula is C22H17N7S. The van der Waals surface area contributed by atoms with Crippen LogP contribution < -0.4 is 0 Å². The van der Waals surface area contributed by atoms with Gasteiger partial charge in [-0.05, 0) is 42.8 Å². The Morgan fingerprint density at radius 3 is 2.73 bits per heavy atom. The van der Waals surface area contributed by atoms with Crippen molar-refractivity contribution in [3.05, 3.63) is 59.9 Å². The van der Waals surface area contributed by atoms with Gasteiger partial charge >= 0.3 is 0 Å². The fourth-order valence-electron chi connectivity index (χ4n) is 3.73. The highest BCUT2D eigenvalue weighted by atomic mass is 32.1. The van der Waals surface area contributed by atoms with E-state index < -0.39 is 0 Å². The van der Waals surface area contributed by atoms with E-state index in [1.807, 2.05) is 37.8 Å². The Labute approximate surface area is 175 Å². The molecule has 6 aromatic rings. The summed E-state index contributed by atoms with van der Waals surface area (Å²) in [4.78, 5) is 15.3. The molecule has 7 nitrogen and oxygen atoms in total. The maximum atomic E-state index is 4.89. The van der Waals surface area contributed by atoms with Crippen molar-refractivity contribution in [3.63, 3.8) is 0 Å². The van der Waals surface area contributed by atoms with Gasteiger partial charge in [-0.3, -0.25) is 14.8 Å². The Morgan fingerprint density at radius 2 is 1.93 bits per heavy atom. The molecule has 0 bridgehead atoms. The smallest absolute Gasteiger partial charge is 0.159 e. The van der Waals surface area contributed by atoms with Crippen molar-refractivity contribution in [2.24, 2.45) is 7.05 Å². The normalized spacial score (nSPS) is 11.7. The minimum absolute atomic E-state index is 0.724. The second kappa shape index (κ2) is 6.36. The number of fused-ring (bicyclic) bond motifs is 2. The highest BCUT2D eigenvalue weighted by Crippen LogP contribution is 2.34. The molecule has 0 spiro atoms. The molecule has 8 heteroatoms. The van der Waals surface area contributed by atoms with E-state index in [2.05, 4.69) is 56.5 Å². The van der Waals surface area contributed by atoms with Gasteiger partial charge in [0.25, 0.3) is 0 Å². The average molecular weight is 411 g/mol. The summed E-state index contributed by atoms with van der Waals surface area (Å²) in [5, 5.41) is 13.0. The van der Waals surface area contributed by atoms with Crippen molar-refractivity contribution < 1.29 is 0 Å². The van der Waals surface area contributed by atoms with Crippen LogP contribution in [0.4, 0.5) is 0 Å². The minimum atomic E-state index is 0.724. The number of pyridine rings is 1. The van der Waals surface area contributed by atoms with Crippen LogP contribution in [0.25, 0.3) is 55.2 Å². The Kier molecular flexibility index (Phi) is 3.63. The lowest BCUT2D eigenvalue weighted by Crippen LogP contribution is -1.84. The molecule has 2 N–H and O–H groups in total. The Morgan fingerprint density at radius 1 is 1.00 bits per heavy atom. The number of benzene rings is 1. The number of hydrogen-bond acceptors (Lipinski definition) is 5. The van der Waals surface area contributed by atoms with Gasteiger partial charge in [-0.25, -0.2) is 4.98 Å². The number of rotatable bonds is 3. The molecule has 0 atom stereocenters. The zero-order valence-corrected chi connectivity index (χ0v) is 17.2. The molecular weight excluding hydrogens is 394 g/mol. The molecule has 0 aliphatic carbocycles. The molecule has 0 radical (unpaired) electrons. The van der Waals surface area contributed by atoms with E-state index in [0.29, 0.717) is 0 Å². The third kappa shape index (κ3) is 2.65. The number of nitrogens with one attached hydrogen (secondary N) is 2. The molecule has 0 aliphatic rings. The van der Waals surface area contributed by atoms with E-state index >= 15 is 0 Å². The monoisotopic (exact) mass is 411 g/mol. The number of H-pyrrole nitrogens is 2. The SMILES string of the molecule is Cc1ccc(-c2nccc3[nH]c(-c4n[nH]c5ccc(-c6cnn(C)c6)cc45)nc23)s1. The number of imidazole rings is 1. The number of hydrogen-bond donors (Lipinski definition) is 2. The summed E-state index contributed by atoms with van der Waals surface area (Å²) in [5.74, 6) is 0.724. The van der Waals surface area contributed by atoms with Gasteiger partial charge in [-0.1, -0.05) is 6.07 Å². The van der Waals surface area contributed by atoms with Gasteiger partial charge in [0.15, 0.2) is 5.82 Å². The van der Waals surface area contributed by atoms with Crippen molar-refractivity contribution in [1.29, 1.82) is 0 Å². The first-order valence-electron chi connectivity index (χ1n) is 9.55. The molecule has 146 valence electrons. The summed E-state index contributed by atoms with van der Waals surface area (Å²) in [6.07, 6.45) is 5.68. The lowest BCUT2D eigenvalue weighted by molar-refractivity contribution is 0.768. The van der Waals surface area contributed by atoms with E-state index in [1.165, 1.54) is 4.88 Å². The summed E-state index contributed by atoms with van der Waals surface area (Å²) >= 11 is 1.72. The maximum absolute atomic E-state index is 4.89. The van der Waals surface area contributed by atoms with Crippen LogP contribution in [0, 0.1) is 6.92 Å². The zero-order chi connectivity index (χ0) is 20.2. The standard InChI is InChI=1S/C22H17N7S/c1-12-3-6-18(30-12)21-20-17(7-8-23-21)25-22(26-20)19-15-9-13(4-5-16(15)27-28-19)14-10-24-29(2)11-14/h3-11H,1-2H3,(H,25,26)(H,27,28). The van der Waals surface area contributed by atoms with Crippen LogP contribution in [-0.4, -0.2) is 34.9 Å². The van der Waals surface area contributed by atoms with Gasteiger partial charge < -0.3 is 4.98 Å². The minimum Gasteiger partial charge on any atom is -0.336 e. The second-order valence-corrected chi connectivity index (χ2v) is 8.57. The lowest BCUT2D eigenvalue weighted by Gasteiger charge is -1.98. The third-order valence-corrected chi connectivity index (χ3v) is 6.21. The summed E-state index contributed by atoms with van der Waals surface area (Å²) in [6.45, 7) is 2.10. The Hall–Kier alpha value is -3.78. The van der Waals surface area contributed by atoms with Crippen LogP contribution in [-0.2, 0) is 7.05 Å². The fraction of sp³-hybridized carbons (Fsp3) is 0.0909. The summed E-state index contributed by atoms with van der Waals surface area (Å²) in [5.41, 5.74) is 6.60. The number of aryl methyl sites for hydroxylation is 2. The lowest BCUT2D eigenvalue weighted by atomic mass is 10.1. The number of nitrogens with zero attached hydrogens (tertiary/aromatic N) is 5. The number of thiophene rings is 1. The van der Waals surface area contributed by atoms with Crippen LogP contribution in [0.15, 0.2) is 55.0 Å². The van der Waals surface area contributed by atoms with Crippen LogP contribution >= 0.6 is 11.3 Å². The zero-order valence-electron chi connectivity index (χ0n) is 16.3. The molecule has 0 amide bonds. The van der Waals surface area contributed by atoms with E-state index in [0.717, 1.165) is 55.2 Å². The third-order valence-electron chi connectivity index (χ3n) is 5.20. The molecule has 0 fully saturated rings. The predicted molar refractivity (Wildman–Crippen MR) is 119 cm³/mol. The van der Waals surface area contributed by atoms with Crippen molar-refractivity contribution in [3.8, 4) is 33.2 Å². The van der Waals surface area contributed by atoms with Gasteiger partial charge in [0.2, 0.25) is 0 Å². The molecule has 6 rings (SSSR count). The van der Waals surface area contributed by atoms with E-state index in [1.54, 1.807) is 16.0 Å². The van der Waals surface area contributed by atoms with Gasteiger partial charge in [0, 0.05) is 35.3 Å². The van der Waals surface area contributed by atoms with Crippen molar-refractivity contribution in [2.45, 2.75) is 6.92 Å². The van der Waals surface area contributed by atoms with Crippen molar-refractivity contribution >= 4 is 33.3 Å². The Balaban J connectivity index is 1.52. The Bertz CT molecular complexity index is 1530. The number of aromatic amines is 2. The van der Waals surface area contributed by atoms with E-state index in [9.17, 15) is 0 Å². The molecule has 30 heavy (non-hydrogen) atoms. The number of aromatic nitrogens is 7. The molecule has 0 saturated heterocycles. The van der Waals surface area contributed by atoms with Crippen molar-refractivity contribution in [2.75, 3.05) is 0 Å². The highest BCUT2D eigenvalue weighted by Gasteiger charge is 2.17.